The van der Waals surface area contributed by atoms with E-state index in [0.29, 0.717) is 0 Å². The van der Waals surface area contributed by atoms with Gasteiger partial charge in [0.25, 0.3) is 0 Å². The van der Waals surface area contributed by atoms with E-state index >= 15 is 0 Å². The van der Waals surface area contributed by atoms with E-state index < -0.39 is 0 Å². The highest BCUT2D eigenvalue weighted by molar-refractivity contribution is 5.10. The van der Waals surface area contributed by atoms with Crippen LogP contribution >= 0.6 is 0 Å². The Morgan fingerprint density at radius 2 is 1.12 bits per heavy atom. The maximum absolute atomic E-state index is 8.00. The van der Waals surface area contributed by atoms with Gasteiger partial charge >= 0.3 is 0 Å². The third-order valence-electron chi connectivity index (χ3n) is 0.1000. The lowest BCUT2D eigenvalue weighted by Gasteiger charge is -1.70. The summed E-state index contributed by atoms with van der Waals surface area (Å²) in [7, 11) is 0. The summed E-state index contributed by atoms with van der Waals surface area (Å²) in [5.74, 6) is 0. The molecule has 2 N–H and O–H groups in total. The minimum Gasteiger partial charge on any atom is -0.394 e. The number of carbonyl (C=O) groups is 1. The molecule has 3 heteroatoms. The first-order valence-corrected chi connectivity index (χ1v) is 1.92. The van der Waals surface area contributed by atoms with Crippen molar-refractivity contribution in [1.29, 1.82) is 0 Å². The van der Waals surface area contributed by atoms with E-state index in [2.05, 4.69) is 13.2 Å². The normalized spacial score (nSPS) is 4.75. The Balaban J connectivity index is -0.0000000542. The fraction of sp³-hybridized carbons (Fsp3) is 0.400. The van der Waals surface area contributed by atoms with Crippen molar-refractivity contribution >= 4 is 6.79 Å². The Morgan fingerprint density at radius 3 is 1.12 bits per heavy atom. The summed E-state index contributed by atoms with van der Waals surface area (Å²) in [5.41, 5.74) is 0. The third kappa shape index (κ3) is 918. The van der Waals surface area contributed by atoms with Crippen LogP contribution in [0, 0.1) is 0 Å². The average molecular weight is 120 g/mol. The van der Waals surface area contributed by atoms with Gasteiger partial charge in [0.2, 0.25) is 0 Å². The van der Waals surface area contributed by atoms with Crippen molar-refractivity contribution in [2.75, 3.05) is 13.2 Å². The minimum atomic E-state index is -0.125. The highest BCUT2D eigenvalue weighted by Crippen LogP contribution is 1.39. The summed E-state index contributed by atoms with van der Waals surface area (Å²) in [4.78, 5) is 8.00. The maximum atomic E-state index is 8.00. The first kappa shape index (κ1) is 15.7. The van der Waals surface area contributed by atoms with Gasteiger partial charge in [-0.1, -0.05) is 0 Å². The lowest BCUT2D eigenvalue weighted by Crippen LogP contribution is -1.85. The van der Waals surface area contributed by atoms with Gasteiger partial charge in [-0.05, 0) is 0 Å². The zero-order valence-corrected chi connectivity index (χ0v) is 4.84. The average Bonchev–Trinajstić information content (AvgIpc) is 1.96. The molecule has 0 aromatic rings. The maximum Gasteiger partial charge on any atom is 0.106 e. The van der Waals surface area contributed by atoms with Crippen molar-refractivity contribution in [3.05, 3.63) is 13.2 Å². The highest BCUT2D eigenvalue weighted by Gasteiger charge is 1.58. The van der Waals surface area contributed by atoms with Gasteiger partial charge < -0.3 is 15.0 Å². The SMILES string of the molecule is C=C.C=O.OCCO. The Morgan fingerprint density at radius 1 is 1.00 bits per heavy atom. The summed E-state index contributed by atoms with van der Waals surface area (Å²) >= 11 is 0. The zero-order valence-electron chi connectivity index (χ0n) is 4.84. The fourth-order valence-electron chi connectivity index (χ4n) is 0. The Hall–Kier alpha value is -0.670. The van der Waals surface area contributed by atoms with E-state index in [0.717, 1.165) is 0 Å². The van der Waals surface area contributed by atoms with Crippen molar-refractivity contribution in [2.24, 2.45) is 0 Å². The van der Waals surface area contributed by atoms with Crippen LogP contribution in [0.15, 0.2) is 13.2 Å². The molecule has 0 aliphatic rings. The van der Waals surface area contributed by atoms with Crippen LogP contribution in [0.5, 0.6) is 0 Å². The van der Waals surface area contributed by atoms with Crippen molar-refractivity contribution in [2.45, 2.75) is 0 Å². The van der Waals surface area contributed by atoms with Crippen LogP contribution < -0.4 is 0 Å². The second kappa shape index (κ2) is 102. The number of carbonyl (C=O) groups excluding carboxylic acids is 1. The Bertz CT molecular complexity index is 19.6. The van der Waals surface area contributed by atoms with Gasteiger partial charge in [0, 0.05) is 0 Å². The van der Waals surface area contributed by atoms with Gasteiger partial charge in [-0.15, -0.1) is 13.2 Å². The molecule has 0 saturated heterocycles. The third-order valence-corrected chi connectivity index (χ3v) is 0.1000. The lowest BCUT2D eigenvalue weighted by atomic mass is 10.8. The highest BCUT2D eigenvalue weighted by atomic mass is 16.3. The molecule has 0 amide bonds. The molecule has 0 aliphatic carbocycles. The second-order valence-corrected chi connectivity index (χ2v) is 0.447. The predicted octanol–water partition coefficient (Wildman–Crippen LogP) is -0.412. The number of hydrogen-bond acceptors (Lipinski definition) is 3. The predicted molar refractivity (Wildman–Crippen MR) is 32.5 cm³/mol. The van der Waals surface area contributed by atoms with Crippen LogP contribution in [-0.2, 0) is 4.79 Å². The summed E-state index contributed by atoms with van der Waals surface area (Å²) in [6.45, 7) is 7.75. The van der Waals surface area contributed by atoms with Crippen molar-refractivity contribution in [3.8, 4) is 0 Å². The molecule has 0 spiro atoms. The molecule has 3 nitrogen and oxygen atoms in total. The van der Waals surface area contributed by atoms with E-state index in [1.165, 1.54) is 0 Å². The number of aliphatic hydroxyl groups is 2. The van der Waals surface area contributed by atoms with Gasteiger partial charge in [-0.3, -0.25) is 0 Å². The largest absolute Gasteiger partial charge is 0.394 e. The molecule has 0 fully saturated rings. The molecule has 0 saturated carbocycles. The van der Waals surface area contributed by atoms with Crippen LogP contribution in [0.3, 0.4) is 0 Å². The number of aliphatic hydroxyl groups excluding tert-OH is 2. The molecule has 0 rings (SSSR count). The van der Waals surface area contributed by atoms with E-state index in [4.69, 9.17) is 15.0 Å². The summed E-state index contributed by atoms with van der Waals surface area (Å²) < 4.78 is 0. The van der Waals surface area contributed by atoms with Gasteiger partial charge in [-0.2, -0.15) is 0 Å². The molecular formula is C5H12O3. The second-order valence-electron chi connectivity index (χ2n) is 0.447. The molecule has 0 unspecified atom stereocenters. The van der Waals surface area contributed by atoms with Crippen LogP contribution in [0.2, 0.25) is 0 Å². The van der Waals surface area contributed by atoms with E-state index in [-0.39, 0.29) is 13.2 Å². The van der Waals surface area contributed by atoms with E-state index in [1.807, 2.05) is 6.79 Å². The molecule has 8 heavy (non-hydrogen) atoms. The molecule has 50 valence electrons. The zero-order chi connectivity index (χ0) is 7.41. The Kier molecular flexibility index (Phi) is 199. The molecule has 0 aliphatic heterocycles. The molecule has 0 aromatic carbocycles. The van der Waals surface area contributed by atoms with Crippen molar-refractivity contribution in [3.63, 3.8) is 0 Å². The van der Waals surface area contributed by atoms with Crippen molar-refractivity contribution in [1.82, 2.24) is 0 Å². The standard InChI is InChI=1S/C2H6O2.C2H4.CH2O/c3-1-2-4;2*1-2/h3-4H,1-2H2;1-2H2;1H2. The quantitative estimate of drug-likeness (QED) is 0.462. The summed E-state index contributed by atoms with van der Waals surface area (Å²) in [6.07, 6.45) is 0. The van der Waals surface area contributed by atoms with Gasteiger partial charge in [0.05, 0.1) is 13.2 Å². The summed E-state index contributed by atoms with van der Waals surface area (Å²) in [6, 6.07) is 0. The smallest absolute Gasteiger partial charge is 0.106 e. The first-order chi connectivity index (χ1) is 3.91. The topological polar surface area (TPSA) is 57.5 Å². The molecular weight excluding hydrogens is 108 g/mol. The Labute approximate surface area is 49.3 Å². The van der Waals surface area contributed by atoms with Crippen LogP contribution in [0.1, 0.15) is 0 Å². The van der Waals surface area contributed by atoms with Crippen molar-refractivity contribution < 1.29 is 15.0 Å². The summed E-state index contributed by atoms with van der Waals surface area (Å²) in [5, 5.41) is 15.2. The number of hydrogen-bond donors (Lipinski definition) is 2. The van der Waals surface area contributed by atoms with E-state index in [1.54, 1.807) is 0 Å². The molecule has 0 bridgehead atoms. The molecule has 0 radical (unpaired) electrons. The van der Waals surface area contributed by atoms with Crippen LogP contribution in [-0.4, -0.2) is 30.2 Å². The molecule has 0 atom stereocenters. The minimum absolute atomic E-state index is 0.125. The molecule has 0 aromatic heterocycles. The lowest BCUT2D eigenvalue weighted by molar-refractivity contribution is -0.0979. The van der Waals surface area contributed by atoms with Gasteiger partial charge in [0.15, 0.2) is 0 Å². The van der Waals surface area contributed by atoms with Gasteiger partial charge in [-0.25, -0.2) is 0 Å². The van der Waals surface area contributed by atoms with Crippen LogP contribution in [0.25, 0.3) is 0 Å². The van der Waals surface area contributed by atoms with E-state index in [9.17, 15) is 0 Å². The fourth-order valence-corrected chi connectivity index (χ4v) is 0. The monoisotopic (exact) mass is 120 g/mol. The number of rotatable bonds is 1. The molecule has 0 heterocycles. The first-order valence-electron chi connectivity index (χ1n) is 1.92. The van der Waals surface area contributed by atoms with Gasteiger partial charge in [0.1, 0.15) is 6.79 Å². The van der Waals surface area contributed by atoms with Crippen LogP contribution in [0.4, 0.5) is 0 Å².